The van der Waals surface area contributed by atoms with E-state index in [2.05, 4.69) is 5.32 Å². The van der Waals surface area contributed by atoms with E-state index in [0.29, 0.717) is 13.1 Å². The van der Waals surface area contributed by atoms with Crippen LogP contribution in [0.5, 0.6) is 0 Å². The molecule has 108 valence electrons. The van der Waals surface area contributed by atoms with Crippen molar-refractivity contribution in [3.63, 3.8) is 0 Å². The van der Waals surface area contributed by atoms with Gasteiger partial charge in [0.1, 0.15) is 12.6 Å². The number of rotatable bonds is 4. The highest BCUT2D eigenvalue weighted by Gasteiger charge is 2.31. The summed E-state index contributed by atoms with van der Waals surface area (Å²) in [5, 5.41) is 3.02. The van der Waals surface area contributed by atoms with Crippen molar-refractivity contribution in [2.75, 3.05) is 19.6 Å². The lowest BCUT2D eigenvalue weighted by atomic mass is 10.1. The summed E-state index contributed by atoms with van der Waals surface area (Å²) in [6.45, 7) is 0.783. The Labute approximate surface area is 113 Å². The number of ether oxygens (including phenoxy) is 1. The summed E-state index contributed by atoms with van der Waals surface area (Å²) >= 11 is 0. The average Bonchev–Trinajstić information content (AvgIpc) is 2.59. The summed E-state index contributed by atoms with van der Waals surface area (Å²) in [4.78, 5) is 24.8. The van der Waals surface area contributed by atoms with E-state index in [1.807, 2.05) is 0 Å². The minimum absolute atomic E-state index is 0.0752. The minimum atomic E-state index is -0.438. The summed E-state index contributed by atoms with van der Waals surface area (Å²) < 4.78 is 5.02. The van der Waals surface area contributed by atoms with E-state index in [1.165, 1.54) is 30.6 Å². The van der Waals surface area contributed by atoms with Gasteiger partial charge in [0, 0.05) is 12.6 Å². The number of nitrogens with two attached hydrogens (primary N) is 1. The van der Waals surface area contributed by atoms with Gasteiger partial charge in [-0.1, -0.05) is 25.7 Å². The Balaban J connectivity index is 1.76. The lowest BCUT2D eigenvalue weighted by molar-refractivity contribution is -0.122. The SMILES string of the molecule is NCC1CN(CC(=O)NC2CCCCCC2)C(=O)O1. The predicted octanol–water partition coefficient (Wildman–Crippen LogP) is 0.605. The fourth-order valence-corrected chi connectivity index (χ4v) is 2.70. The van der Waals surface area contributed by atoms with Gasteiger partial charge in [0.15, 0.2) is 0 Å². The Bertz CT molecular complexity index is 327. The number of amides is 2. The van der Waals surface area contributed by atoms with Gasteiger partial charge in [0.25, 0.3) is 0 Å². The van der Waals surface area contributed by atoms with E-state index in [9.17, 15) is 9.59 Å². The second-order valence-electron chi connectivity index (χ2n) is 5.38. The fraction of sp³-hybridized carbons (Fsp3) is 0.846. The number of nitrogens with zero attached hydrogens (tertiary/aromatic N) is 1. The minimum Gasteiger partial charge on any atom is -0.443 e. The van der Waals surface area contributed by atoms with Crippen LogP contribution in [0.1, 0.15) is 38.5 Å². The maximum absolute atomic E-state index is 11.9. The van der Waals surface area contributed by atoms with E-state index in [1.54, 1.807) is 0 Å². The third-order valence-corrected chi connectivity index (χ3v) is 3.77. The topological polar surface area (TPSA) is 84.7 Å². The number of carbonyl (C=O) groups excluding carboxylic acids is 2. The molecule has 3 N–H and O–H groups in total. The van der Waals surface area contributed by atoms with E-state index in [-0.39, 0.29) is 24.6 Å². The van der Waals surface area contributed by atoms with Crippen LogP contribution in [0.25, 0.3) is 0 Å². The Morgan fingerprint density at radius 1 is 1.32 bits per heavy atom. The lowest BCUT2D eigenvalue weighted by Crippen LogP contribution is -2.42. The Kier molecular flexibility index (Phi) is 5.01. The molecule has 1 aliphatic carbocycles. The van der Waals surface area contributed by atoms with Gasteiger partial charge in [-0.2, -0.15) is 0 Å². The first kappa shape index (κ1) is 14.1. The van der Waals surface area contributed by atoms with Crippen LogP contribution < -0.4 is 11.1 Å². The Morgan fingerprint density at radius 2 is 2.00 bits per heavy atom. The molecule has 0 radical (unpaired) electrons. The molecular weight excluding hydrogens is 246 g/mol. The van der Waals surface area contributed by atoms with Gasteiger partial charge in [-0.25, -0.2) is 4.79 Å². The summed E-state index contributed by atoms with van der Waals surface area (Å²) in [5.74, 6) is -0.0958. The van der Waals surface area contributed by atoms with Crippen molar-refractivity contribution < 1.29 is 14.3 Å². The molecule has 0 bridgehead atoms. The number of hydrogen-bond donors (Lipinski definition) is 2. The number of carbonyl (C=O) groups is 2. The van der Waals surface area contributed by atoms with Gasteiger partial charge in [-0.05, 0) is 12.8 Å². The number of cyclic esters (lactones) is 1. The molecule has 1 atom stereocenters. The van der Waals surface area contributed by atoms with Crippen LogP contribution >= 0.6 is 0 Å². The predicted molar refractivity (Wildman–Crippen MR) is 70.5 cm³/mol. The van der Waals surface area contributed by atoms with Crippen LogP contribution in [0, 0.1) is 0 Å². The Morgan fingerprint density at radius 3 is 2.58 bits per heavy atom. The van der Waals surface area contributed by atoms with Gasteiger partial charge in [0.05, 0.1) is 6.54 Å². The molecule has 6 nitrogen and oxygen atoms in total. The fourth-order valence-electron chi connectivity index (χ4n) is 2.70. The van der Waals surface area contributed by atoms with Crippen molar-refractivity contribution in [1.29, 1.82) is 0 Å². The molecule has 1 saturated carbocycles. The van der Waals surface area contributed by atoms with E-state index in [0.717, 1.165) is 12.8 Å². The highest BCUT2D eigenvalue weighted by molar-refractivity contribution is 5.83. The molecule has 2 rings (SSSR count). The van der Waals surface area contributed by atoms with Crippen molar-refractivity contribution in [2.24, 2.45) is 5.73 Å². The summed E-state index contributed by atoms with van der Waals surface area (Å²) in [6, 6.07) is 0.263. The molecule has 0 spiro atoms. The summed E-state index contributed by atoms with van der Waals surface area (Å²) in [7, 11) is 0. The zero-order chi connectivity index (χ0) is 13.7. The third kappa shape index (κ3) is 4.09. The molecule has 2 amide bonds. The number of nitrogens with one attached hydrogen (secondary N) is 1. The van der Waals surface area contributed by atoms with Crippen LogP contribution in [-0.4, -0.2) is 48.7 Å². The van der Waals surface area contributed by atoms with Gasteiger partial charge >= 0.3 is 6.09 Å². The van der Waals surface area contributed by atoms with Crippen molar-refractivity contribution in [2.45, 2.75) is 50.7 Å². The van der Waals surface area contributed by atoms with E-state index in [4.69, 9.17) is 10.5 Å². The number of hydrogen-bond acceptors (Lipinski definition) is 4. The summed E-state index contributed by atoms with van der Waals surface area (Å²) in [6.07, 6.45) is 6.22. The molecule has 2 aliphatic rings. The van der Waals surface area contributed by atoms with Gasteiger partial charge in [-0.3, -0.25) is 9.69 Å². The highest BCUT2D eigenvalue weighted by atomic mass is 16.6. The molecular formula is C13H23N3O3. The maximum atomic E-state index is 11.9. The lowest BCUT2D eigenvalue weighted by Gasteiger charge is -2.18. The first-order valence-corrected chi connectivity index (χ1v) is 7.14. The average molecular weight is 269 g/mol. The molecule has 2 fully saturated rings. The standard InChI is InChI=1S/C13H23N3O3/c14-7-11-8-16(13(18)19-11)9-12(17)15-10-5-3-1-2-4-6-10/h10-11H,1-9,14H2,(H,15,17). The van der Waals surface area contributed by atoms with Gasteiger partial charge in [0.2, 0.25) is 5.91 Å². The second-order valence-corrected chi connectivity index (χ2v) is 5.38. The molecule has 19 heavy (non-hydrogen) atoms. The zero-order valence-corrected chi connectivity index (χ0v) is 11.3. The highest BCUT2D eigenvalue weighted by Crippen LogP contribution is 2.17. The molecule has 1 saturated heterocycles. The van der Waals surface area contributed by atoms with Crippen LogP contribution in [0.2, 0.25) is 0 Å². The molecule has 1 aliphatic heterocycles. The third-order valence-electron chi connectivity index (χ3n) is 3.77. The van der Waals surface area contributed by atoms with Crippen LogP contribution in [0.15, 0.2) is 0 Å². The molecule has 0 aromatic carbocycles. The molecule has 1 heterocycles. The van der Waals surface area contributed by atoms with Gasteiger partial charge < -0.3 is 15.8 Å². The molecule has 6 heteroatoms. The van der Waals surface area contributed by atoms with Crippen molar-refractivity contribution in [3.05, 3.63) is 0 Å². The molecule has 1 unspecified atom stereocenters. The zero-order valence-electron chi connectivity index (χ0n) is 11.3. The first-order chi connectivity index (χ1) is 9.19. The largest absolute Gasteiger partial charge is 0.443 e. The molecule has 0 aromatic rings. The van der Waals surface area contributed by atoms with E-state index >= 15 is 0 Å². The van der Waals surface area contributed by atoms with Crippen LogP contribution in [-0.2, 0) is 9.53 Å². The van der Waals surface area contributed by atoms with Crippen molar-refractivity contribution in [1.82, 2.24) is 10.2 Å². The Hall–Kier alpha value is -1.30. The second kappa shape index (κ2) is 6.75. The monoisotopic (exact) mass is 269 g/mol. The maximum Gasteiger partial charge on any atom is 0.410 e. The van der Waals surface area contributed by atoms with Crippen molar-refractivity contribution in [3.8, 4) is 0 Å². The van der Waals surface area contributed by atoms with Crippen molar-refractivity contribution >= 4 is 12.0 Å². The smallest absolute Gasteiger partial charge is 0.410 e. The van der Waals surface area contributed by atoms with Gasteiger partial charge in [-0.15, -0.1) is 0 Å². The van der Waals surface area contributed by atoms with Crippen LogP contribution in [0.4, 0.5) is 4.79 Å². The quantitative estimate of drug-likeness (QED) is 0.732. The normalized spacial score (nSPS) is 25.0. The summed E-state index contributed by atoms with van der Waals surface area (Å²) in [5.41, 5.74) is 5.45. The molecule has 0 aromatic heterocycles. The van der Waals surface area contributed by atoms with E-state index < -0.39 is 6.09 Å². The van der Waals surface area contributed by atoms with Crippen LogP contribution in [0.3, 0.4) is 0 Å². The first-order valence-electron chi connectivity index (χ1n) is 7.14.